The molecule has 0 atom stereocenters. The van der Waals surface area contributed by atoms with E-state index in [0.717, 1.165) is 22.1 Å². The summed E-state index contributed by atoms with van der Waals surface area (Å²) in [4.78, 5) is 21.8. The van der Waals surface area contributed by atoms with Crippen LogP contribution in [0.4, 0.5) is 5.82 Å². The average molecular weight is 326 g/mol. The molecule has 0 bridgehead atoms. The zero-order chi connectivity index (χ0) is 17.1. The first kappa shape index (κ1) is 14.9. The largest absolute Gasteiger partial charge is 0.384 e. The Morgan fingerprint density at radius 2 is 1.60 bits per heavy atom. The Bertz CT molecular complexity index is 1120. The molecule has 3 heterocycles. The molecule has 0 spiro atoms. The monoisotopic (exact) mass is 326 g/mol. The Morgan fingerprint density at radius 3 is 2.52 bits per heavy atom. The molecule has 0 amide bonds. The van der Waals surface area contributed by atoms with Gasteiger partial charge in [-0.1, -0.05) is 12.1 Å². The van der Waals surface area contributed by atoms with Gasteiger partial charge < -0.3 is 5.73 Å². The molecule has 6 nitrogen and oxygen atoms in total. The molecular formula is C19H14N6. The molecule has 0 saturated heterocycles. The number of hydrogen-bond donors (Lipinski definition) is 1. The first-order chi connectivity index (χ1) is 12.3. The summed E-state index contributed by atoms with van der Waals surface area (Å²) in [6, 6.07) is 15.1. The molecule has 4 aromatic rings. The summed E-state index contributed by atoms with van der Waals surface area (Å²) >= 11 is 0. The van der Waals surface area contributed by atoms with E-state index in [4.69, 9.17) is 5.73 Å². The summed E-state index contributed by atoms with van der Waals surface area (Å²) in [6.45, 7) is 0. The number of amidine groups is 1. The molecule has 1 aromatic carbocycles. The van der Waals surface area contributed by atoms with Crippen molar-refractivity contribution >= 4 is 39.8 Å². The molecule has 0 fully saturated rings. The maximum Gasteiger partial charge on any atom is 0.155 e. The Labute approximate surface area is 143 Å². The molecule has 0 unspecified atom stereocenters. The summed E-state index contributed by atoms with van der Waals surface area (Å²) in [6.07, 6.45) is 6.90. The van der Waals surface area contributed by atoms with E-state index in [2.05, 4.69) is 24.9 Å². The second kappa shape index (κ2) is 6.45. The Morgan fingerprint density at radius 1 is 0.840 bits per heavy atom. The van der Waals surface area contributed by atoms with E-state index in [1.54, 1.807) is 30.6 Å². The second-order valence-corrected chi connectivity index (χ2v) is 5.36. The minimum Gasteiger partial charge on any atom is -0.384 e. The number of para-hydroxylation sites is 2. The Kier molecular flexibility index (Phi) is 3.84. The molecule has 0 radical (unpaired) electrons. The van der Waals surface area contributed by atoms with Gasteiger partial charge in [-0.3, -0.25) is 9.97 Å². The van der Waals surface area contributed by atoms with Gasteiger partial charge in [0.1, 0.15) is 5.84 Å². The molecule has 0 saturated carbocycles. The number of aromatic nitrogens is 4. The smallest absolute Gasteiger partial charge is 0.155 e. The maximum atomic E-state index is 5.97. The van der Waals surface area contributed by atoms with Crippen LogP contribution in [-0.2, 0) is 0 Å². The van der Waals surface area contributed by atoms with Gasteiger partial charge in [-0.05, 0) is 48.6 Å². The zero-order valence-corrected chi connectivity index (χ0v) is 13.2. The van der Waals surface area contributed by atoms with Crippen molar-refractivity contribution in [1.82, 2.24) is 19.9 Å². The van der Waals surface area contributed by atoms with Crippen LogP contribution >= 0.6 is 0 Å². The van der Waals surface area contributed by atoms with Gasteiger partial charge >= 0.3 is 0 Å². The minimum absolute atomic E-state index is 0.339. The van der Waals surface area contributed by atoms with Gasteiger partial charge in [-0.15, -0.1) is 0 Å². The molecule has 3 aromatic heterocycles. The number of fused-ring (bicyclic) bond motifs is 2. The number of aliphatic imine (C=N–C) groups is 1. The maximum absolute atomic E-state index is 5.97. The highest BCUT2D eigenvalue weighted by Crippen LogP contribution is 2.15. The highest BCUT2D eigenvalue weighted by atomic mass is 15.0. The molecule has 120 valence electrons. The van der Waals surface area contributed by atoms with Crippen molar-refractivity contribution in [1.29, 1.82) is 0 Å². The van der Waals surface area contributed by atoms with Crippen LogP contribution in [0.1, 0.15) is 5.69 Å². The number of nitrogens with zero attached hydrogens (tertiary/aromatic N) is 5. The minimum atomic E-state index is 0.339. The highest BCUT2D eigenvalue weighted by Gasteiger charge is 1.99. The van der Waals surface area contributed by atoms with Crippen LogP contribution in [0.25, 0.3) is 28.1 Å². The normalized spacial score (nSPS) is 12.2. The first-order valence-electron chi connectivity index (χ1n) is 7.74. The van der Waals surface area contributed by atoms with Gasteiger partial charge in [0.25, 0.3) is 0 Å². The van der Waals surface area contributed by atoms with Crippen molar-refractivity contribution in [2.75, 3.05) is 0 Å². The molecule has 0 aliphatic heterocycles. The lowest BCUT2D eigenvalue weighted by Crippen LogP contribution is -2.07. The van der Waals surface area contributed by atoms with Gasteiger partial charge in [0.2, 0.25) is 0 Å². The van der Waals surface area contributed by atoms with E-state index < -0.39 is 0 Å². The SMILES string of the molecule is NC(/C=C/c1cnc2ccccc2n1)=Nc1ccc2ncccc2n1. The lowest BCUT2D eigenvalue weighted by Gasteiger charge is -1.99. The van der Waals surface area contributed by atoms with Gasteiger partial charge in [-0.2, -0.15) is 0 Å². The van der Waals surface area contributed by atoms with Crippen LogP contribution in [0.3, 0.4) is 0 Å². The molecule has 4 rings (SSSR count). The van der Waals surface area contributed by atoms with Crippen LogP contribution in [0.2, 0.25) is 0 Å². The van der Waals surface area contributed by atoms with Crippen LogP contribution < -0.4 is 5.73 Å². The van der Waals surface area contributed by atoms with E-state index in [9.17, 15) is 0 Å². The predicted molar refractivity (Wildman–Crippen MR) is 99.4 cm³/mol. The van der Waals surface area contributed by atoms with Crippen molar-refractivity contribution in [2.24, 2.45) is 10.7 Å². The lowest BCUT2D eigenvalue weighted by molar-refractivity contribution is 1.26. The number of hydrogen-bond acceptors (Lipinski definition) is 5. The molecule has 25 heavy (non-hydrogen) atoms. The summed E-state index contributed by atoms with van der Waals surface area (Å²) < 4.78 is 0. The van der Waals surface area contributed by atoms with Crippen LogP contribution in [0.15, 0.2) is 72.0 Å². The third-order valence-corrected chi connectivity index (χ3v) is 3.58. The fourth-order valence-corrected chi connectivity index (χ4v) is 2.40. The third kappa shape index (κ3) is 3.32. The topological polar surface area (TPSA) is 89.9 Å². The van der Waals surface area contributed by atoms with Crippen molar-refractivity contribution in [2.45, 2.75) is 0 Å². The molecule has 6 heteroatoms. The summed E-state index contributed by atoms with van der Waals surface area (Å²) in [5.74, 6) is 0.873. The fourth-order valence-electron chi connectivity index (χ4n) is 2.40. The summed E-state index contributed by atoms with van der Waals surface area (Å²) in [5.41, 5.74) is 9.98. The van der Waals surface area contributed by atoms with Crippen molar-refractivity contribution in [3.63, 3.8) is 0 Å². The quantitative estimate of drug-likeness (QED) is 0.461. The molecular weight excluding hydrogens is 312 g/mol. The number of benzene rings is 1. The van der Waals surface area contributed by atoms with E-state index >= 15 is 0 Å². The van der Waals surface area contributed by atoms with Gasteiger partial charge in [-0.25, -0.2) is 15.0 Å². The lowest BCUT2D eigenvalue weighted by atomic mass is 10.3. The van der Waals surface area contributed by atoms with Crippen LogP contribution in [-0.4, -0.2) is 25.8 Å². The fraction of sp³-hybridized carbons (Fsp3) is 0. The van der Waals surface area contributed by atoms with Crippen LogP contribution in [0, 0.1) is 0 Å². The van der Waals surface area contributed by atoms with Gasteiger partial charge in [0, 0.05) is 6.20 Å². The van der Waals surface area contributed by atoms with Gasteiger partial charge in [0.15, 0.2) is 5.82 Å². The van der Waals surface area contributed by atoms with E-state index in [-0.39, 0.29) is 0 Å². The highest BCUT2D eigenvalue weighted by molar-refractivity contribution is 5.96. The van der Waals surface area contributed by atoms with Crippen LogP contribution in [0.5, 0.6) is 0 Å². The Balaban J connectivity index is 1.59. The number of rotatable bonds is 3. The number of pyridine rings is 2. The summed E-state index contributed by atoms with van der Waals surface area (Å²) in [7, 11) is 0. The molecule has 0 aliphatic carbocycles. The van der Waals surface area contributed by atoms with E-state index in [0.29, 0.717) is 17.3 Å². The second-order valence-electron chi connectivity index (χ2n) is 5.36. The zero-order valence-electron chi connectivity index (χ0n) is 13.2. The molecule has 0 aliphatic rings. The van der Waals surface area contributed by atoms with E-state index in [1.165, 1.54) is 0 Å². The third-order valence-electron chi connectivity index (χ3n) is 3.58. The average Bonchev–Trinajstić information content (AvgIpc) is 2.66. The van der Waals surface area contributed by atoms with Crippen molar-refractivity contribution < 1.29 is 0 Å². The Hall–Kier alpha value is -3.67. The van der Waals surface area contributed by atoms with Crippen molar-refractivity contribution in [3.05, 3.63) is 72.7 Å². The predicted octanol–water partition coefficient (Wildman–Crippen LogP) is 3.28. The first-order valence-corrected chi connectivity index (χ1v) is 7.74. The van der Waals surface area contributed by atoms with Gasteiger partial charge in [0.05, 0.1) is 34.0 Å². The van der Waals surface area contributed by atoms with Crippen molar-refractivity contribution in [3.8, 4) is 0 Å². The van der Waals surface area contributed by atoms with E-state index in [1.807, 2.05) is 42.5 Å². The standard InChI is InChI=1S/C19H14N6/c20-18(25-19-10-8-15-17(24-19)6-3-11-21-15)9-7-13-12-22-14-4-1-2-5-16(14)23-13/h1-12H,(H2,20,24,25)/b9-7+. The number of nitrogens with two attached hydrogens (primary N) is 1. The molecule has 2 N–H and O–H groups in total. The summed E-state index contributed by atoms with van der Waals surface area (Å²) in [5, 5.41) is 0.